The van der Waals surface area contributed by atoms with Crippen LogP contribution in [0.1, 0.15) is 18.4 Å². The van der Waals surface area contributed by atoms with Crippen molar-refractivity contribution in [1.82, 2.24) is 20.2 Å². The predicted molar refractivity (Wildman–Crippen MR) is 75.9 cm³/mol. The summed E-state index contributed by atoms with van der Waals surface area (Å²) in [7, 11) is 0. The van der Waals surface area contributed by atoms with Gasteiger partial charge in [-0.15, -0.1) is 0 Å². The van der Waals surface area contributed by atoms with Gasteiger partial charge >= 0.3 is 0 Å². The van der Waals surface area contributed by atoms with Crippen molar-refractivity contribution in [3.8, 4) is 5.69 Å². The van der Waals surface area contributed by atoms with Crippen LogP contribution in [0.3, 0.4) is 0 Å². The average molecular weight is 273 g/mol. The molecular formula is C14H19N5O. The maximum atomic E-state index is 9.34. The number of hydrogen-bond donors (Lipinski definition) is 1. The van der Waals surface area contributed by atoms with E-state index in [4.69, 9.17) is 0 Å². The normalized spacial score (nSPS) is 19.3. The summed E-state index contributed by atoms with van der Waals surface area (Å²) in [6.45, 7) is 4.02. The molecule has 2 aromatic rings. The van der Waals surface area contributed by atoms with Gasteiger partial charge in [0.1, 0.15) is 0 Å². The first-order valence-electron chi connectivity index (χ1n) is 6.99. The number of aliphatic hydroxyl groups excluding tert-OH is 1. The summed E-state index contributed by atoms with van der Waals surface area (Å²) in [6, 6.07) is 8.13. The Kier molecular flexibility index (Phi) is 3.64. The third kappa shape index (κ3) is 2.51. The smallest absolute Gasteiger partial charge is 0.250 e. The van der Waals surface area contributed by atoms with Crippen LogP contribution in [0.15, 0.2) is 24.3 Å². The first-order chi connectivity index (χ1) is 9.78. The molecule has 0 bridgehead atoms. The Morgan fingerprint density at radius 2 is 2.10 bits per heavy atom. The topological polar surface area (TPSA) is 67.1 Å². The highest BCUT2D eigenvalue weighted by molar-refractivity contribution is 5.42. The van der Waals surface area contributed by atoms with Crippen molar-refractivity contribution < 1.29 is 5.11 Å². The molecule has 2 heterocycles. The molecule has 0 unspecified atom stereocenters. The quantitative estimate of drug-likeness (QED) is 0.909. The van der Waals surface area contributed by atoms with Crippen LogP contribution in [0, 0.1) is 12.8 Å². The number of nitrogens with zero attached hydrogens (tertiary/aromatic N) is 5. The molecule has 0 aliphatic carbocycles. The van der Waals surface area contributed by atoms with Gasteiger partial charge in [0, 0.05) is 19.7 Å². The molecule has 1 saturated heterocycles. The molecule has 0 radical (unpaired) electrons. The first-order valence-corrected chi connectivity index (χ1v) is 6.99. The minimum Gasteiger partial charge on any atom is -0.396 e. The number of aryl methyl sites for hydroxylation is 1. The van der Waals surface area contributed by atoms with Crippen LogP contribution >= 0.6 is 0 Å². The highest BCUT2D eigenvalue weighted by atomic mass is 16.3. The lowest BCUT2D eigenvalue weighted by Gasteiger charge is -2.31. The number of hydrogen-bond acceptors (Lipinski definition) is 5. The molecule has 1 aliphatic rings. The SMILES string of the molecule is Cc1ccc(-n2nnnc2N2CCC[C@H](CO)C2)cc1. The van der Waals surface area contributed by atoms with E-state index < -0.39 is 0 Å². The summed E-state index contributed by atoms with van der Waals surface area (Å²) in [5.41, 5.74) is 2.17. The summed E-state index contributed by atoms with van der Waals surface area (Å²) in [4.78, 5) is 2.16. The fraction of sp³-hybridized carbons (Fsp3) is 0.500. The Balaban J connectivity index is 1.88. The maximum absolute atomic E-state index is 9.34. The number of aliphatic hydroxyl groups is 1. The minimum atomic E-state index is 0.225. The van der Waals surface area contributed by atoms with Crippen molar-refractivity contribution in [2.24, 2.45) is 5.92 Å². The Labute approximate surface area is 118 Å². The molecule has 0 saturated carbocycles. The van der Waals surface area contributed by atoms with Gasteiger partial charge in [0.15, 0.2) is 0 Å². The second-order valence-corrected chi connectivity index (χ2v) is 5.36. The molecule has 0 amide bonds. The first kappa shape index (κ1) is 13.1. The molecule has 1 atom stereocenters. The fourth-order valence-corrected chi connectivity index (χ4v) is 2.63. The third-order valence-corrected chi connectivity index (χ3v) is 3.79. The van der Waals surface area contributed by atoms with E-state index in [9.17, 15) is 5.11 Å². The van der Waals surface area contributed by atoms with E-state index in [0.717, 1.165) is 37.6 Å². The van der Waals surface area contributed by atoms with Gasteiger partial charge in [0.25, 0.3) is 0 Å². The Morgan fingerprint density at radius 3 is 2.85 bits per heavy atom. The summed E-state index contributed by atoms with van der Waals surface area (Å²) in [5, 5.41) is 21.4. The van der Waals surface area contributed by atoms with Gasteiger partial charge in [-0.2, -0.15) is 4.68 Å². The average Bonchev–Trinajstić information content (AvgIpc) is 2.97. The van der Waals surface area contributed by atoms with Gasteiger partial charge in [-0.1, -0.05) is 22.8 Å². The zero-order valence-electron chi connectivity index (χ0n) is 11.6. The lowest BCUT2D eigenvalue weighted by molar-refractivity contribution is 0.208. The van der Waals surface area contributed by atoms with Crippen LogP contribution in [0.5, 0.6) is 0 Å². The maximum Gasteiger partial charge on any atom is 0.250 e. The van der Waals surface area contributed by atoms with Crippen LogP contribution in [-0.4, -0.2) is 45.0 Å². The molecule has 106 valence electrons. The third-order valence-electron chi connectivity index (χ3n) is 3.79. The van der Waals surface area contributed by atoms with Crippen LogP contribution in [0.2, 0.25) is 0 Å². The van der Waals surface area contributed by atoms with Crippen molar-refractivity contribution in [3.05, 3.63) is 29.8 Å². The van der Waals surface area contributed by atoms with Crippen LogP contribution in [-0.2, 0) is 0 Å². The summed E-state index contributed by atoms with van der Waals surface area (Å²) < 4.78 is 1.76. The zero-order valence-corrected chi connectivity index (χ0v) is 11.6. The number of rotatable bonds is 3. The molecular weight excluding hydrogens is 254 g/mol. The van der Waals surface area contributed by atoms with E-state index in [1.165, 1.54) is 5.56 Å². The number of tetrazole rings is 1. The zero-order chi connectivity index (χ0) is 13.9. The van der Waals surface area contributed by atoms with Crippen molar-refractivity contribution in [1.29, 1.82) is 0 Å². The van der Waals surface area contributed by atoms with E-state index >= 15 is 0 Å². The Bertz CT molecular complexity index is 565. The Morgan fingerprint density at radius 1 is 1.30 bits per heavy atom. The van der Waals surface area contributed by atoms with Gasteiger partial charge in [0.05, 0.1) is 5.69 Å². The molecule has 1 aromatic carbocycles. The van der Waals surface area contributed by atoms with Crippen LogP contribution in [0.25, 0.3) is 5.69 Å². The number of anilines is 1. The van der Waals surface area contributed by atoms with E-state index in [2.05, 4.69) is 27.3 Å². The van der Waals surface area contributed by atoms with E-state index in [0.29, 0.717) is 5.92 Å². The molecule has 1 aliphatic heterocycles. The molecule has 0 spiro atoms. The second kappa shape index (κ2) is 5.58. The van der Waals surface area contributed by atoms with Crippen molar-refractivity contribution >= 4 is 5.95 Å². The molecule has 20 heavy (non-hydrogen) atoms. The number of benzene rings is 1. The Hall–Kier alpha value is -1.95. The molecule has 6 heteroatoms. The highest BCUT2D eigenvalue weighted by Crippen LogP contribution is 2.22. The highest BCUT2D eigenvalue weighted by Gasteiger charge is 2.23. The summed E-state index contributed by atoms with van der Waals surface area (Å²) >= 11 is 0. The molecule has 1 N–H and O–H groups in total. The predicted octanol–water partition coefficient (Wildman–Crippen LogP) is 1.18. The van der Waals surface area contributed by atoms with Gasteiger partial charge < -0.3 is 10.0 Å². The summed E-state index contributed by atoms with van der Waals surface area (Å²) in [5.74, 6) is 1.07. The van der Waals surface area contributed by atoms with Crippen molar-refractivity contribution in [2.45, 2.75) is 19.8 Å². The molecule has 1 fully saturated rings. The minimum absolute atomic E-state index is 0.225. The molecule has 3 rings (SSSR count). The second-order valence-electron chi connectivity index (χ2n) is 5.36. The van der Waals surface area contributed by atoms with E-state index in [1.807, 2.05) is 24.3 Å². The van der Waals surface area contributed by atoms with Crippen LogP contribution in [0.4, 0.5) is 5.95 Å². The standard InChI is InChI=1S/C14H19N5O/c1-11-4-6-13(7-5-11)19-14(15-16-17-19)18-8-2-3-12(9-18)10-20/h4-7,12,20H,2-3,8-10H2,1H3/t12-/m0/s1. The lowest BCUT2D eigenvalue weighted by Crippen LogP contribution is -2.38. The van der Waals surface area contributed by atoms with Gasteiger partial charge in [-0.25, -0.2) is 0 Å². The summed E-state index contributed by atoms with van der Waals surface area (Å²) in [6.07, 6.45) is 2.13. The number of aromatic nitrogens is 4. The van der Waals surface area contributed by atoms with E-state index in [-0.39, 0.29) is 6.61 Å². The largest absolute Gasteiger partial charge is 0.396 e. The van der Waals surface area contributed by atoms with Gasteiger partial charge in [0.2, 0.25) is 5.95 Å². The van der Waals surface area contributed by atoms with Crippen molar-refractivity contribution in [3.63, 3.8) is 0 Å². The number of piperidine rings is 1. The molecule has 6 nitrogen and oxygen atoms in total. The van der Waals surface area contributed by atoms with Crippen LogP contribution < -0.4 is 4.90 Å². The lowest BCUT2D eigenvalue weighted by atomic mass is 9.99. The van der Waals surface area contributed by atoms with Gasteiger partial charge in [-0.3, -0.25) is 0 Å². The molecule has 1 aromatic heterocycles. The van der Waals surface area contributed by atoms with Gasteiger partial charge in [-0.05, 0) is 48.2 Å². The monoisotopic (exact) mass is 273 g/mol. The van der Waals surface area contributed by atoms with Crippen molar-refractivity contribution in [2.75, 3.05) is 24.6 Å². The fourth-order valence-electron chi connectivity index (χ4n) is 2.63. The van der Waals surface area contributed by atoms with E-state index in [1.54, 1.807) is 4.68 Å².